The highest BCUT2D eigenvalue weighted by atomic mass is 79.9. The van der Waals surface area contributed by atoms with Crippen LogP contribution in [0.2, 0.25) is 0 Å². The first-order chi connectivity index (χ1) is 7.77. The van der Waals surface area contributed by atoms with Crippen molar-refractivity contribution in [3.63, 3.8) is 0 Å². The molecule has 0 aliphatic rings. The zero-order valence-corrected chi connectivity index (χ0v) is 12.8. The van der Waals surface area contributed by atoms with E-state index in [1.165, 1.54) is 5.56 Å². The summed E-state index contributed by atoms with van der Waals surface area (Å²) < 4.78 is 1.13. The molecular weight excluding hydrogens is 276 g/mol. The van der Waals surface area contributed by atoms with Crippen molar-refractivity contribution in [2.75, 3.05) is 13.1 Å². The van der Waals surface area contributed by atoms with Gasteiger partial charge in [-0.3, -0.25) is 0 Å². The van der Waals surface area contributed by atoms with E-state index < -0.39 is 0 Å². The monoisotopic (exact) mass is 298 g/mol. The van der Waals surface area contributed by atoms with Crippen LogP contribution >= 0.6 is 15.9 Å². The highest BCUT2D eigenvalue weighted by Gasteiger charge is 2.24. The lowest BCUT2D eigenvalue weighted by Crippen LogP contribution is -2.50. The first-order valence-electron chi connectivity index (χ1n) is 5.98. The zero-order valence-electron chi connectivity index (χ0n) is 11.2. The molecule has 0 heterocycles. The summed E-state index contributed by atoms with van der Waals surface area (Å²) in [5, 5.41) is 3.53. The topological polar surface area (TPSA) is 38.0 Å². The molecule has 3 N–H and O–H groups in total. The standard InChI is InChI=1S/C14H23BrN2/c1-13(2,10-17-14(3,4)9-16)11-6-5-7-12(15)8-11/h5-8,17H,9-10,16H2,1-4H3. The van der Waals surface area contributed by atoms with Crippen LogP contribution in [0.4, 0.5) is 0 Å². The Morgan fingerprint density at radius 2 is 1.88 bits per heavy atom. The second-order valence-electron chi connectivity index (χ2n) is 5.84. The predicted octanol–water partition coefficient (Wildman–Crippen LogP) is 3.05. The zero-order chi connectivity index (χ0) is 13.1. The molecule has 2 nitrogen and oxygen atoms in total. The van der Waals surface area contributed by atoms with Gasteiger partial charge in [-0.15, -0.1) is 0 Å². The largest absolute Gasteiger partial charge is 0.329 e. The average molecular weight is 299 g/mol. The minimum atomic E-state index is -0.0106. The van der Waals surface area contributed by atoms with E-state index in [9.17, 15) is 0 Å². The smallest absolute Gasteiger partial charge is 0.0247 e. The molecule has 17 heavy (non-hydrogen) atoms. The van der Waals surface area contributed by atoms with Crippen molar-refractivity contribution in [3.8, 4) is 0 Å². The normalized spacial score (nSPS) is 12.8. The van der Waals surface area contributed by atoms with Crippen LogP contribution in [0.5, 0.6) is 0 Å². The Morgan fingerprint density at radius 3 is 2.41 bits per heavy atom. The molecular formula is C14H23BrN2. The first kappa shape index (κ1) is 14.7. The molecule has 0 saturated carbocycles. The number of benzene rings is 1. The van der Waals surface area contributed by atoms with Gasteiger partial charge in [0.15, 0.2) is 0 Å². The molecule has 0 atom stereocenters. The minimum absolute atomic E-state index is 0.0106. The van der Waals surface area contributed by atoms with Crippen molar-refractivity contribution in [3.05, 3.63) is 34.3 Å². The van der Waals surface area contributed by atoms with Gasteiger partial charge in [-0.05, 0) is 31.5 Å². The summed E-state index contributed by atoms with van der Waals surface area (Å²) in [5.74, 6) is 0. The van der Waals surface area contributed by atoms with Gasteiger partial charge in [-0.1, -0.05) is 41.9 Å². The van der Waals surface area contributed by atoms with E-state index in [4.69, 9.17) is 5.73 Å². The molecule has 0 bridgehead atoms. The van der Waals surface area contributed by atoms with Crippen LogP contribution in [0.3, 0.4) is 0 Å². The Labute approximate surface area is 113 Å². The van der Waals surface area contributed by atoms with Crippen molar-refractivity contribution < 1.29 is 0 Å². The lowest BCUT2D eigenvalue weighted by atomic mass is 9.84. The molecule has 1 aromatic rings. The summed E-state index contributed by atoms with van der Waals surface area (Å²) >= 11 is 3.52. The van der Waals surface area contributed by atoms with E-state index in [-0.39, 0.29) is 11.0 Å². The van der Waals surface area contributed by atoms with Gasteiger partial charge in [0.2, 0.25) is 0 Å². The molecule has 0 aliphatic heterocycles. The summed E-state index contributed by atoms with van der Waals surface area (Å²) in [6, 6.07) is 8.48. The van der Waals surface area contributed by atoms with Crippen LogP contribution in [0.25, 0.3) is 0 Å². The summed E-state index contributed by atoms with van der Waals surface area (Å²) in [6.45, 7) is 10.3. The van der Waals surface area contributed by atoms with E-state index in [1.54, 1.807) is 0 Å². The number of nitrogens with two attached hydrogens (primary N) is 1. The Kier molecular flexibility index (Phi) is 4.76. The Hall–Kier alpha value is -0.380. The number of nitrogens with one attached hydrogen (secondary N) is 1. The maximum atomic E-state index is 5.73. The van der Waals surface area contributed by atoms with Crippen molar-refractivity contribution in [1.82, 2.24) is 5.32 Å². The summed E-state index contributed by atoms with van der Waals surface area (Å²) in [4.78, 5) is 0. The molecule has 96 valence electrons. The van der Waals surface area contributed by atoms with Crippen LogP contribution in [0, 0.1) is 0 Å². The molecule has 1 rings (SSSR count). The molecule has 0 amide bonds. The number of hydrogen-bond donors (Lipinski definition) is 2. The fourth-order valence-corrected chi connectivity index (χ4v) is 1.94. The van der Waals surface area contributed by atoms with Gasteiger partial charge >= 0.3 is 0 Å². The second kappa shape index (κ2) is 5.51. The van der Waals surface area contributed by atoms with Gasteiger partial charge in [-0.25, -0.2) is 0 Å². The molecule has 0 radical (unpaired) electrons. The molecule has 0 aromatic heterocycles. The van der Waals surface area contributed by atoms with Crippen LogP contribution in [-0.4, -0.2) is 18.6 Å². The van der Waals surface area contributed by atoms with Crippen LogP contribution in [0.1, 0.15) is 33.3 Å². The van der Waals surface area contributed by atoms with E-state index in [1.807, 2.05) is 0 Å². The Balaban J connectivity index is 2.75. The summed E-state index contributed by atoms with van der Waals surface area (Å²) in [6.07, 6.45) is 0. The molecule has 1 aromatic carbocycles. The van der Waals surface area contributed by atoms with E-state index in [0.717, 1.165) is 11.0 Å². The van der Waals surface area contributed by atoms with Gasteiger partial charge in [0, 0.05) is 28.5 Å². The molecule has 3 heteroatoms. The maximum absolute atomic E-state index is 5.73. The van der Waals surface area contributed by atoms with Gasteiger partial charge in [0.05, 0.1) is 0 Å². The number of halogens is 1. The SMILES string of the molecule is CC(C)(CN)NCC(C)(C)c1cccc(Br)c1. The minimum Gasteiger partial charge on any atom is -0.329 e. The van der Waals surface area contributed by atoms with E-state index in [2.05, 4.69) is 73.2 Å². The van der Waals surface area contributed by atoms with Gasteiger partial charge in [0.25, 0.3) is 0 Å². The second-order valence-corrected chi connectivity index (χ2v) is 6.75. The van der Waals surface area contributed by atoms with Crippen molar-refractivity contribution in [1.29, 1.82) is 0 Å². The lowest BCUT2D eigenvalue weighted by molar-refractivity contribution is 0.347. The Bertz CT molecular complexity index is 372. The highest BCUT2D eigenvalue weighted by molar-refractivity contribution is 9.10. The fraction of sp³-hybridized carbons (Fsp3) is 0.571. The summed E-state index contributed by atoms with van der Waals surface area (Å²) in [5.41, 5.74) is 7.14. The van der Waals surface area contributed by atoms with E-state index >= 15 is 0 Å². The van der Waals surface area contributed by atoms with Gasteiger partial charge in [-0.2, -0.15) is 0 Å². The predicted molar refractivity (Wildman–Crippen MR) is 78.3 cm³/mol. The highest BCUT2D eigenvalue weighted by Crippen LogP contribution is 2.25. The van der Waals surface area contributed by atoms with Gasteiger partial charge < -0.3 is 11.1 Å². The number of hydrogen-bond acceptors (Lipinski definition) is 2. The third kappa shape index (κ3) is 4.41. The van der Waals surface area contributed by atoms with Crippen LogP contribution < -0.4 is 11.1 Å². The average Bonchev–Trinajstić information content (AvgIpc) is 2.27. The molecule has 0 fully saturated rings. The summed E-state index contributed by atoms with van der Waals surface area (Å²) in [7, 11) is 0. The quantitative estimate of drug-likeness (QED) is 0.877. The molecule has 0 saturated heterocycles. The molecule has 0 unspecified atom stereocenters. The first-order valence-corrected chi connectivity index (χ1v) is 6.77. The number of rotatable bonds is 5. The molecule has 0 spiro atoms. The lowest BCUT2D eigenvalue weighted by Gasteiger charge is -2.32. The van der Waals surface area contributed by atoms with Crippen molar-refractivity contribution in [2.24, 2.45) is 5.73 Å². The van der Waals surface area contributed by atoms with Crippen molar-refractivity contribution >= 4 is 15.9 Å². The molecule has 0 aliphatic carbocycles. The Morgan fingerprint density at radius 1 is 1.24 bits per heavy atom. The third-order valence-electron chi connectivity index (χ3n) is 3.13. The van der Waals surface area contributed by atoms with Crippen LogP contribution in [0.15, 0.2) is 28.7 Å². The van der Waals surface area contributed by atoms with Gasteiger partial charge in [0.1, 0.15) is 0 Å². The van der Waals surface area contributed by atoms with Crippen molar-refractivity contribution in [2.45, 2.75) is 38.6 Å². The maximum Gasteiger partial charge on any atom is 0.0247 e. The fourth-order valence-electron chi connectivity index (χ4n) is 1.54. The third-order valence-corrected chi connectivity index (χ3v) is 3.62. The van der Waals surface area contributed by atoms with E-state index in [0.29, 0.717) is 6.54 Å². The van der Waals surface area contributed by atoms with Crippen LogP contribution in [-0.2, 0) is 5.41 Å².